The summed E-state index contributed by atoms with van der Waals surface area (Å²) in [6.45, 7) is 2.28. The Bertz CT molecular complexity index is 999. The number of Topliss-reactive ketones (excluding diaryl/α,β-unsaturated/α-hetero) is 1. The molecule has 27 heavy (non-hydrogen) atoms. The molecule has 142 valence electrons. The third kappa shape index (κ3) is 4.36. The highest BCUT2D eigenvalue weighted by atomic mass is 32.2. The number of fused-ring (bicyclic) bond motifs is 1. The Hall–Kier alpha value is -2.67. The molecule has 1 amide bonds. The van der Waals surface area contributed by atoms with Crippen LogP contribution in [0.2, 0.25) is 0 Å². The van der Waals surface area contributed by atoms with Crippen LogP contribution in [-0.2, 0) is 21.2 Å². The zero-order chi connectivity index (χ0) is 19.6. The first-order valence-corrected chi connectivity index (χ1v) is 10.6. The van der Waals surface area contributed by atoms with Crippen LogP contribution >= 0.6 is 0 Å². The van der Waals surface area contributed by atoms with Crippen molar-refractivity contribution in [2.45, 2.75) is 26.2 Å². The predicted molar refractivity (Wildman–Crippen MR) is 106 cm³/mol. The van der Waals surface area contributed by atoms with Crippen molar-refractivity contribution in [1.82, 2.24) is 0 Å². The fourth-order valence-electron chi connectivity index (χ4n) is 3.24. The van der Waals surface area contributed by atoms with Gasteiger partial charge in [0.15, 0.2) is 5.78 Å². The summed E-state index contributed by atoms with van der Waals surface area (Å²) in [7, 11) is -3.34. The minimum absolute atomic E-state index is 0.0690. The van der Waals surface area contributed by atoms with Gasteiger partial charge >= 0.3 is 0 Å². The molecule has 0 radical (unpaired) electrons. The van der Waals surface area contributed by atoms with Crippen LogP contribution < -0.4 is 9.62 Å². The zero-order valence-electron chi connectivity index (χ0n) is 15.4. The first-order chi connectivity index (χ1) is 12.8. The maximum Gasteiger partial charge on any atom is 0.232 e. The van der Waals surface area contributed by atoms with E-state index in [1.54, 1.807) is 24.3 Å². The summed E-state index contributed by atoms with van der Waals surface area (Å²) in [5, 5.41) is 2.75. The third-order valence-electron chi connectivity index (χ3n) is 4.65. The second kappa shape index (κ2) is 7.52. The van der Waals surface area contributed by atoms with E-state index in [1.165, 1.54) is 10.6 Å². The lowest BCUT2D eigenvalue weighted by Gasteiger charge is -2.17. The maximum atomic E-state index is 12.3. The van der Waals surface area contributed by atoms with E-state index in [-0.39, 0.29) is 24.5 Å². The summed E-state index contributed by atoms with van der Waals surface area (Å²) in [5.74, 6) is -0.346. The van der Waals surface area contributed by atoms with Crippen LogP contribution in [0.15, 0.2) is 42.5 Å². The maximum absolute atomic E-state index is 12.3. The molecule has 0 saturated carbocycles. The van der Waals surface area contributed by atoms with Gasteiger partial charge in [-0.1, -0.05) is 30.3 Å². The van der Waals surface area contributed by atoms with Gasteiger partial charge in [0, 0.05) is 30.6 Å². The Balaban J connectivity index is 1.64. The van der Waals surface area contributed by atoms with Gasteiger partial charge in [-0.15, -0.1) is 0 Å². The summed E-state index contributed by atoms with van der Waals surface area (Å²) >= 11 is 0. The number of benzene rings is 2. The number of ketones is 1. The van der Waals surface area contributed by atoms with Crippen molar-refractivity contribution in [3.63, 3.8) is 0 Å². The van der Waals surface area contributed by atoms with Crippen LogP contribution in [0.4, 0.5) is 11.4 Å². The first kappa shape index (κ1) is 19.1. The van der Waals surface area contributed by atoms with Crippen molar-refractivity contribution in [3.05, 3.63) is 59.2 Å². The Morgan fingerprint density at radius 2 is 1.85 bits per heavy atom. The van der Waals surface area contributed by atoms with Gasteiger partial charge < -0.3 is 5.32 Å². The average molecular weight is 386 g/mol. The lowest BCUT2D eigenvalue weighted by Crippen LogP contribution is -2.27. The topological polar surface area (TPSA) is 83.6 Å². The molecule has 0 aliphatic carbocycles. The van der Waals surface area contributed by atoms with E-state index in [4.69, 9.17) is 0 Å². The Morgan fingerprint density at radius 3 is 2.56 bits per heavy atom. The number of hydrogen-bond donors (Lipinski definition) is 1. The standard InChI is InChI=1S/C20H22N2O4S/c1-14-5-3-4-6-17(14)19(23)9-10-20(24)21-16-8-7-15-11-12-22(18(15)13-16)27(2,25)26/h3-8,13H,9-12H2,1-2H3,(H,21,24). The van der Waals surface area contributed by atoms with E-state index in [0.29, 0.717) is 29.9 Å². The third-order valence-corrected chi connectivity index (χ3v) is 5.83. The molecule has 1 N–H and O–H groups in total. The van der Waals surface area contributed by atoms with Crippen molar-refractivity contribution >= 4 is 33.1 Å². The van der Waals surface area contributed by atoms with E-state index >= 15 is 0 Å². The quantitative estimate of drug-likeness (QED) is 0.774. The smallest absolute Gasteiger partial charge is 0.232 e. The minimum atomic E-state index is -3.34. The molecule has 6 nitrogen and oxygen atoms in total. The van der Waals surface area contributed by atoms with Gasteiger partial charge in [-0.05, 0) is 36.6 Å². The zero-order valence-corrected chi connectivity index (χ0v) is 16.2. The van der Waals surface area contributed by atoms with Crippen molar-refractivity contribution in [2.75, 3.05) is 22.4 Å². The number of nitrogens with zero attached hydrogens (tertiary/aromatic N) is 1. The van der Waals surface area contributed by atoms with E-state index < -0.39 is 10.0 Å². The second-order valence-electron chi connectivity index (χ2n) is 6.71. The number of amides is 1. The molecule has 0 aromatic heterocycles. The predicted octanol–water partition coefficient (Wildman–Crippen LogP) is 2.92. The van der Waals surface area contributed by atoms with Crippen molar-refractivity contribution in [1.29, 1.82) is 0 Å². The van der Waals surface area contributed by atoms with Crippen LogP contribution in [0, 0.1) is 6.92 Å². The second-order valence-corrected chi connectivity index (χ2v) is 8.62. The molecular weight excluding hydrogens is 364 g/mol. The SMILES string of the molecule is Cc1ccccc1C(=O)CCC(=O)Nc1ccc2c(c1)N(S(C)(=O)=O)CC2. The molecule has 0 bridgehead atoms. The monoisotopic (exact) mass is 386 g/mol. The van der Waals surface area contributed by atoms with Gasteiger partial charge in [0.2, 0.25) is 15.9 Å². The molecule has 0 fully saturated rings. The van der Waals surface area contributed by atoms with Gasteiger partial charge in [0.1, 0.15) is 0 Å². The molecule has 0 spiro atoms. The number of rotatable bonds is 6. The Kier molecular flexibility index (Phi) is 5.32. The largest absolute Gasteiger partial charge is 0.326 e. The van der Waals surface area contributed by atoms with Crippen molar-refractivity contribution < 1.29 is 18.0 Å². The molecule has 2 aromatic rings. The molecule has 2 aromatic carbocycles. The fourth-order valence-corrected chi connectivity index (χ4v) is 4.19. The summed E-state index contributed by atoms with van der Waals surface area (Å²) in [6.07, 6.45) is 2.02. The summed E-state index contributed by atoms with van der Waals surface area (Å²) in [5.41, 5.74) is 3.59. The molecule has 1 heterocycles. The number of carbonyl (C=O) groups is 2. The molecule has 1 aliphatic heterocycles. The lowest BCUT2D eigenvalue weighted by molar-refractivity contribution is -0.116. The van der Waals surface area contributed by atoms with Crippen LogP contribution in [0.3, 0.4) is 0 Å². The molecule has 0 saturated heterocycles. The number of carbonyl (C=O) groups excluding carboxylic acids is 2. The molecule has 1 aliphatic rings. The number of sulfonamides is 1. The van der Waals surface area contributed by atoms with Gasteiger partial charge in [0.25, 0.3) is 0 Å². The number of hydrogen-bond acceptors (Lipinski definition) is 4. The first-order valence-electron chi connectivity index (χ1n) is 8.75. The number of aryl methyl sites for hydroxylation is 1. The van der Waals surface area contributed by atoms with Crippen LogP contribution in [-0.4, -0.2) is 32.9 Å². The molecule has 3 rings (SSSR count). The fraction of sp³-hybridized carbons (Fsp3) is 0.300. The van der Waals surface area contributed by atoms with Crippen LogP contribution in [0.5, 0.6) is 0 Å². The highest BCUT2D eigenvalue weighted by Crippen LogP contribution is 2.32. The highest BCUT2D eigenvalue weighted by Gasteiger charge is 2.26. The van der Waals surface area contributed by atoms with Crippen LogP contribution in [0.25, 0.3) is 0 Å². The molecule has 0 unspecified atom stereocenters. The van der Waals surface area contributed by atoms with E-state index in [0.717, 1.165) is 11.1 Å². The van der Waals surface area contributed by atoms with Crippen LogP contribution in [0.1, 0.15) is 34.3 Å². The molecule has 0 atom stereocenters. The number of anilines is 2. The van der Waals surface area contributed by atoms with Gasteiger partial charge in [-0.25, -0.2) is 8.42 Å². The van der Waals surface area contributed by atoms with E-state index in [1.807, 2.05) is 25.1 Å². The van der Waals surface area contributed by atoms with E-state index in [9.17, 15) is 18.0 Å². The Labute approximate surface area is 159 Å². The summed E-state index contributed by atoms with van der Waals surface area (Å²) in [4.78, 5) is 24.5. The molecular formula is C20H22N2O4S. The van der Waals surface area contributed by atoms with E-state index in [2.05, 4.69) is 5.32 Å². The molecule has 7 heteroatoms. The lowest BCUT2D eigenvalue weighted by atomic mass is 10.0. The van der Waals surface area contributed by atoms with Crippen molar-refractivity contribution in [3.8, 4) is 0 Å². The van der Waals surface area contributed by atoms with Gasteiger partial charge in [-0.2, -0.15) is 0 Å². The number of nitrogens with one attached hydrogen (secondary N) is 1. The Morgan fingerprint density at radius 1 is 1.11 bits per heavy atom. The normalized spacial score (nSPS) is 13.3. The summed E-state index contributed by atoms with van der Waals surface area (Å²) in [6, 6.07) is 12.6. The highest BCUT2D eigenvalue weighted by molar-refractivity contribution is 7.92. The van der Waals surface area contributed by atoms with Gasteiger partial charge in [0.05, 0.1) is 11.9 Å². The minimum Gasteiger partial charge on any atom is -0.326 e. The summed E-state index contributed by atoms with van der Waals surface area (Å²) < 4.78 is 25.1. The van der Waals surface area contributed by atoms with Gasteiger partial charge in [-0.3, -0.25) is 13.9 Å². The average Bonchev–Trinajstić information content (AvgIpc) is 3.03. The van der Waals surface area contributed by atoms with Crippen molar-refractivity contribution in [2.24, 2.45) is 0 Å².